The first kappa shape index (κ1) is 19.9. The van der Waals surface area contributed by atoms with Crippen LogP contribution in [0.1, 0.15) is 47.4 Å². The molecule has 3 fully saturated rings. The summed E-state index contributed by atoms with van der Waals surface area (Å²) in [5.74, 6) is 4.47. The highest BCUT2D eigenvalue weighted by Crippen LogP contribution is 2.39. The highest BCUT2D eigenvalue weighted by Gasteiger charge is 2.41. The van der Waals surface area contributed by atoms with Gasteiger partial charge in [0.2, 0.25) is 0 Å². The van der Waals surface area contributed by atoms with E-state index < -0.39 is 0 Å². The smallest absolute Gasteiger partial charge is 0.151 e. The van der Waals surface area contributed by atoms with Gasteiger partial charge in [-0.05, 0) is 68.9 Å². The number of hydrogen-bond acceptors (Lipinski definition) is 6. The van der Waals surface area contributed by atoms with Gasteiger partial charge in [-0.2, -0.15) is 0 Å². The van der Waals surface area contributed by atoms with Crippen molar-refractivity contribution in [2.45, 2.75) is 52.0 Å². The van der Waals surface area contributed by atoms with Crippen LogP contribution in [-0.4, -0.2) is 67.1 Å². The molecule has 1 aromatic heterocycles. The largest absolute Gasteiger partial charge is 0.381 e. The lowest BCUT2D eigenvalue weighted by molar-refractivity contribution is 0.0545. The summed E-state index contributed by atoms with van der Waals surface area (Å²) >= 11 is 0. The fourth-order valence-corrected chi connectivity index (χ4v) is 5.44. The van der Waals surface area contributed by atoms with Crippen molar-refractivity contribution < 1.29 is 6.16 Å². The van der Waals surface area contributed by atoms with Crippen LogP contribution in [-0.2, 0) is 4.74 Å². The number of likely N-dealkylation sites (tertiary alicyclic amines) is 1. The summed E-state index contributed by atoms with van der Waals surface area (Å²) in [6.45, 7) is 12.2. The molecule has 1 unspecified atom stereocenters. The van der Waals surface area contributed by atoms with Gasteiger partial charge in [0.1, 0.15) is 5.82 Å². The molecule has 3 aliphatic rings. The number of fused-ring (bicyclic) bond motifs is 1. The van der Waals surface area contributed by atoms with E-state index in [-0.39, 0.29) is 1.43 Å². The van der Waals surface area contributed by atoms with Crippen molar-refractivity contribution in [2.24, 2.45) is 17.8 Å². The molecular formula is C22H39N5O. The SMILES string of the molecule is CCCN(CC)c1ccc(NC2C[C@@H]3CN(CC4CCOCC4)C[C@@H]3C2)nn1.[HH]. The van der Waals surface area contributed by atoms with E-state index in [0.29, 0.717) is 6.04 Å². The molecule has 0 spiro atoms. The molecule has 28 heavy (non-hydrogen) atoms. The molecule has 2 saturated heterocycles. The van der Waals surface area contributed by atoms with Crippen LogP contribution in [0.5, 0.6) is 0 Å². The minimum Gasteiger partial charge on any atom is -0.381 e. The third-order valence-electron chi connectivity index (χ3n) is 6.89. The van der Waals surface area contributed by atoms with Gasteiger partial charge in [0, 0.05) is 53.4 Å². The number of hydrogen-bond donors (Lipinski definition) is 1. The summed E-state index contributed by atoms with van der Waals surface area (Å²) in [7, 11) is 0. The van der Waals surface area contributed by atoms with E-state index >= 15 is 0 Å². The monoisotopic (exact) mass is 389 g/mol. The highest BCUT2D eigenvalue weighted by atomic mass is 16.5. The van der Waals surface area contributed by atoms with Gasteiger partial charge >= 0.3 is 0 Å². The molecule has 1 aromatic rings. The van der Waals surface area contributed by atoms with Crippen LogP contribution < -0.4 is 10.2 Å². The lowest BCUT2D eigenvalue weighted by atomic mass is 10.00. The van der Waals surface area contributed by atoms with Gasteiger partial charge < -0.3 is 19.9 Å². The van der Waals surface area contributed by atoms with Gasteiger partial charge in [-0.25, -0.2) is 0 Å². The lowest BCUT2D eigenvalue weighted by Gasteiger charge is -2.27. The molecule has 6 nitrogen and oxygen atoms in total. The molecule has 6 heteroatoms. The minimum absolute atomic E-state index is 0. The van der Waals surface area contributed by atoms with Gasteiger partial charge in [-0.3, -0.25) is 0 Å². The molecule has 3 heterocycles. The summed E-state index contributed by atoms with van der Waals surface area (Å²) < 4.78 is 5.51. The summed E-state index contributed by atoms with van der Waals surface area (Å²) in [6, 6.07) is 4.77. The Morgan fingerprint density at radius 3 is 2.50 bits per heavy atom. The first-order valence-corrected chi connectivity index (χ1v) is 11.4. The van der Waals surface area contributed by atoms with Crippen molar-refractivity contribution in [3.63, 3.8) is 0 Å². The van der Waals surface area contributed by atoms with Gasteiger partial charge in [0.25, 0.3) is 0 Å². The number of nitrogens with zero attached hydrogens (tertiary/aromatic N) is 4. The molecule has 158 valence electrons. The van der Waals surface area contributed by atoms with E-state index in [0.717, 1.165) is 62.1 Å². The second-order valence-corrected chi connectivity index (χ2v) is 8.96. The zero-order valence-corrected chi connectivity index (χ0v) is 17.6. The van der Waals surface area contributed by atoms with Gasteiger partial charge in [0.05, 0.1) is 0 Å². The van der Waals surface area contributed by atoms with Crippen molar-refractivity contribution in [3.05, 3.63) is 12.1 Å². The van der Waals surface area contributed by atoms with Crippen LogP contribution >= 0.6 is 0 Å². The average Bonchev–Trinajstić information content (AvgIpc) is 3.25. The zero-order chi connectivity index (χ0) is 19.3. The maximum absolute atomic E-state index is 5.51. The third-order valence-corrected chi connectivity index (χ3v) is 6.89. The van der Waals surface area contributed by atoms with Gasteiger partial charge in [-0.1, -0.05) is 6.92 Å². The standard InChI is InChI=1S/C22H37N5O.H2/c1-3-9-27(4-2)22-6-5-21(24-25-22)23-20-12-18-15-26(16-19(18)13-20)14-17-7-10-28-11-8-17;/h5-6,17-20H,3-4,7-16H2,1-2H3,(H,23,24);1H/t18-,19+,20?;. The number of rotatable bonds is 8. The average molecular weight is 390 g/mol. The Labute approximate surface area is 171 Å². The number of nitrogens with one attached hydrogen (secondary N) is 1. The van der Waals surface area contributed by atoms with Crippen molar-refractivity contribution in [1.82, 2.24) is 15.1 Å². The molecule has 0 bridgehead atoms. The lowest BCUT2D eigenvalue weighted by Crippen LogP contribution is -2.32. The molecule has 1 aliphatic carbocycles. The van der Waals surface area contributed by atoms with Crippen molar-refractivity contribution in [1.29, 1.82) is 0 Å². The predicted octanol–water partition coefficient (Wildman–Crippen LogP) is 3.51. The van der Waals surface area contributed by atoms with Crippen LogP contribution in [0.4, 0.5) is 11.6 Å². The van der Waals surface area contributed by atoms with E-state index in [1.807, 2.05) is 0 Å². The third kappa shape index (κ3) is 4.77. The van der Waals surface area contributed by atoms with Crippen LogP contribution in [0.15, 0.2) is 12.1 Å². The van der Waals surface area contributed by atoms with E-state index in [1.54, 1.807) is 0 Å². The summed E-state index contributed by atoms with van der Waals surface area (Å²) in [5, 5.41) is 12.6. The fourth-order valence-electron chi connectivity index (χ4n) is 5.44. The minimum atomic E-state index is 0. The molecule has 2 aliphatic heterocycles. The zero-order valence-electron chi connectivity index (χ0n) is 17.6. The Bertz CT molecular complexity index is 596. The van der Waals surface area contributed by atoms with Gasteiger partial charge in [-0.15, -0.1) is 10.2 Å². The molecule has 0 amide bonds. The Kier molecular flexibility index (Phi) is 6.68. The Morgan fingerprint density at radius 2 is 1.89 bits per heavy atom. The topological polar surface area (TPSA) is 53.5 Å². The number of ether oxygens (including phenoxy) is 1. The Balaban J connectivity index is 0.00000240. The quantitative estimate of drug-likeness (QED) is 0.734. The Hall–Kier alpha value is -1.40. The van der Waals surface area contributed by atoms with E-state index in [4.69, 9.17) is 4.74 Å². The highest BCUT2D eigenvalue weighted by molar-refractivity contribution is 5.44. The summed E-state index contributed by atoms with van der Waals surface area (Å²) in [5.41, 5.74) is 0. The first-order chi connectivity index (χ1) is 13.7. The van der Waals surface area contributed by atoms with Crippen LogP contribution in [0.3, 0.4) is 0 Å². The molecule has 1 N–H and O–H groups in total. The molecule has 4 rings (SSSR count). The molecule has 0 aromatic carbocycles. The maximum atomic E-state index is 5.51. The van der Waals surface area contributed by atoms with Crippen molar-refractivity contribution >= 4 is 11.6 Å². The molecule has 1 saturated carbocycles. The van der Waals surface area contributed by atoms with E-state index in [9.17, 15) is 0 Å². The van der Waals surface area contributed by atoms with E-state index in [2.05, 4.69) is 51.3 Å². The molecular weight excluding hydrogens is 350 g/mol. The van der Waals surface area contributed by atoms with Crippen molar-refractivity contribution in [2.75, 3.05) is 56.2 Å². The maximum Gasteiger partial charge on any atom is 0.151 e. The normalized spacial score (nSPS) is 28.4. The first-order valence-electron chi connectivity index (χ1n) is 11.4. The van der Waals surface area contributed by atoms with Crippen molar-refractivity contribution in [3.8, 4) is 0 Å². The number of aromatic nitrogens is 2. The predicted molar refractivity (Wildman–Crippen MR) is 116 cm³/mol. The summed E-state index contributed by atoms with van der Waals surface area (Å²) in [6.07, 6.45) is 6.17. The van der Waals surface area contributed by atoms with Crippen LogP contribution in [0.25, 0.3) is 0 Å². The Morgan fingerprint density at radius 1 is 1.14 bits per heavy atom. The van der Waals surface area contributed by atoms with E-state index in [1.165, 1.54) is 45.3 Å². The second-order valence-electron chi connectivity index (χ2n) is 8.96. The fraction of sp³-hybridized carbons (Fsp3) is 0.818. The summed E-state index contributed by atoms with van der Waals surface area (Å²) in [4.78, 5) is 5.01. The molecule has 0 radical (unpaired) electrons. The number of anilines is 2. The van der Waals surface area contributed by atoms with Gasteiger partial charge in [0.15, 0.2) is 5.82 Å². The second kappa shape index (κ2) is 9.40. The van der Waals surface area contributed by atoms with Crippen LogP contribution in [0.2, 0.25) is 0 Å². The molecule has 3 atom stereocenters. The van der Waals surface area contributed by atoms with Crippen LogP contribution in [0, 0.1) is 17.8 Å².